The molecule has 2 heterocycles. The van der Waals surface area contributed by atoms with Gasteiger partial charge in [0.1, 0.15) is 0 Å². The predicted octanol–water partition coefficient (Wildman–Crippen LogP) is 0.504. The molecule has 0 aliphatic carbocycles. The van der Waals surface area contributed by atoms with E-state index in [0.29, 0.717) is 18.6 Å². The summed E-state index contributed by atoms with van der Waals surface area (Å²) in [7, 11) is 0. The molecular formula is C10H12N2O3. The SMILES string of the molecule is NC(=O)c1cccnc1.O=C1CCCO1. The Morgan fingerprint density at radius 3 is 2.60 bits per heavy atom. The lowest BCUT2D eigenvalue weighted by atomic mass is 10.3. The smallest absolute Gasteiger partial charge is 0.305 e. The minimum atomic E-state index is -0.442. The maximum Gasteiger partial charge on any atom is 0.305 e. The number of cyclic esters (lactones) is 1. The molecule has 0 bridgehead atoms. The second kappa shape index (κ2) is 5.74. The third-order valence-electron chi connectivity index (χ3n) is 1.73. The predicted molar refractivity (Wildman–Crippen MR) is 52.9 cm³/mol. The number of esters is 1. The molecule has 1 amide bonds. The van der Waals surface area contributed by atoms with Gasteiger partial charge >= 0.3 is 5.97 Å². The lowest BCUT2D eigenvalue weighted by Crippen LogP contribution is -2.10. The van der Waals surface area contributed by atoms with E-state index in [2.05, 4.69) is 9.72 Å². The third-order valence-corrected chi connectivity index (χ3v) is 1.73. The average Bonchev–Trinajstić information content (AvgIpc) is 2.71. The summed E-state index contributed by atoms with van der Waals surface area (Å²) in [5.74, 6) is -0.488. The van der Waals surface area contributed by atoms with Crippen molar-refractivity contribution in [2.24, 2.45) is 5.73 Å². The number of hydrogen-bond donors (Lipinski definition) is 1. The van der Waals surface area contributed by atoms with Crippen LogP contribution >= 0.6 is 0 Å². The lowest BCUT2D eigenvalue weighted by Gasteiger charge is -1.88. The number of aromatic nitrogens is 1. The van der Waals surface area contributed by atoms with Gasteiger partial charge in [-0.2, -0.15) is 0 Å². The fourth-order valence-electron chi connectivity index (χ4n) is 0.983. The van der Waals surface area contributed by atoms with Crippen LogP contribution in [0, 0.1) is 0 Å². The van der Waals surface area contributed by atoms with E-state index in [0.717, 1.165) is 6.42 Å². The largest absolute Gasteiger partial charge is 0.466 e. The first-order chi connectivity index (χ1) is 7.20. The normalized spacial score (nSPS) is 13.7. The van der Waals surface area contributed by atoms with Crippen molar-refractivity contribution >= 4 is 11.9 Å². The van der Waals surface area contributed by atoms with Crippen LogP contribution in [0.25, 0.3) is 0 Å². The molecule has 0 atom stereocenters. The molecule has 2 rings (SSSR count). The van der Waals surface area contributed by atoms with Gasteiger partial charge in [-0.25, -0.2) is 0 Å². The highest BCUT2D eigenvalue weighted by Crippen LogP contribution is 2.01. The molecule has 5 nitrogen and oxygen atoms in total. The van der Waals surface area contributed by atoms with Crippen molar-refractivity contribution in [2.75, 3.05) is 6.61 Å². The molecule has 15 heavy (non-hydrogen) atoms. The standard InChI is InChI=1S/C6H6N2O.C4H6O2/c7-6(9)5-2-1-3-8-4-5;5-4-2-1-3-6-4/h1-4H,(H2,7,9);1-3H2. The summed E-state index contributed by atoms with van der Waals surface area (Å²) in [5, 5.41) is 0. The van der Waals surface area contributed by atoms with Crippen LogP contribution in [0.3, 0.4) is 0 Å². The Balaban J connectivity index is 0.000000162. The Morgan fingerprint density at radius 2 is 2.33 bits per heavy atom. The molecule has 0 unspecified atom stereocenters. The highest BCUT2D eigenvalue weighted by molar-refractivity contribution is 5.92. The highest BCUT2D eigenvalue weighted by Gasteiger charge is 2.08. The molecule has 1 fully saturated rings. The number of nitrogens with two attached hydrogens (primary N) is 1. The molecule has 2 N–H and O–H groups in total. The third kappa shape index (κ3) is 4.21. The fraction of sp³-hybridized carbons (Fsp3) is 0.300. The van der Waals surface area contributed by atoms with Crippen LogP contribution in [0.4, 0.5) is 0 Å². The molecule has 80 valence electrons. The van der Waals surface area contributed by atoms with Crippen molar-refractivity contribution in [1.82, 2.24) is 4.98 Å². The maximum absolute atomic E-state index is 10.4. The van der Waals surface area contributed by atoms with Crippen molar-refractivity contribution in [3.05, 3.63) is 30.1 Å². The molecule has 1 aromatic heterocycles. The van der Waals surface area contributed by atoms with Gasteiger partial charge in [0.2, 0.25) is 5.91 Å². The Labute approximate surface area is 87.3 Å². The van der Waals surface area contributed by atoms with Crippen molar-refractivity contribution in [3.8, 4) is 0 Å². The van der Waals surface area contributed by atoms with E-state index in [1.807, 2.05) is 0 Å². The van der Waals surface area contributed by atoms with Gasteiger partial charge in [-0.1, -0.05) is 0 Å². The fourth-order valence-corrected chi connectivity index (χ4v) is 0.983. The first-order valence-electron chi connectivity index (χ1n) is 4.55. The van der Waals surface area contributed by atoms with Crippen LogP contribution in [-0.4, -0.2) is 23.5 Å². The number of pyridine rings is 1. The second-order valence-corrected chi connectivity index (χ2v) is 2.93. The van der Waals surface area contributed by atoms with Crippen LogP contribution in [0.15, 0.2) is 24.5 Å². The Hall–Kier alpha value is -1.91. The minimum absolute atomic E-state index is 0.0463. The quantitative estimate of drug-likeness (QED) is 0.681. The zero-order chi connectivity index (χ0) is 11.1. The van der Waals surface area contributed by atoms with Crippen LogP contribution in [-0.2, 0) is 9.53 Å². The van der Waals surface area contributed by atoms with Crippen LogP contribution < -0.4 is 5.73 Å². The van der Waals surface area contributed by atoms with E-state index in [9.17, 15) is 9.59 Å². The molecule has 1 aliphatic rings. The molecule has 0 spiro atoms. The van der Waals surface area contributed by atoms with E-state index in [1.54, 1.807) is 18.3 Å². The summed E-state index contributed by atoms with van der Waals surface area (Å²) in [6, 6.07) is 3.29. The van der Waals surface area contributed by atoms with E-state index >= 15 is 0 Å². The van der Waals surface area contributed by atoms with Gasteiger partial charge in [0, 0.05) is 18.8 Å². The van der Waals surface area contributed by atoms with Gasteiger partial charge in [0.05, 0.1) is 12.2 Å². The summed E-state index contributed by atoms with van der Waals surface area (Å²) in [6.45, 7) is 0.638. The monoisotopic (exact) mass is 208 g/mol. The summed E-state index contributed by atoms with van der Waals surface area (Å²) < 4.78 is 4.51. The zero-order valence-corrected chi connectivity index (χ0v) is 8.18. The number of rotatable bonds is 1. The molecule has 0 aromatic carbocycles. The summed E-state index contributed by atoms with van der Waals surface area (Å²) >= 11 is 0. The number of carbonyl (C=O) groups is 2. The summed E-state index contributed by atoms with van der Waals surface area (Å²) in [4.78, 5) is 24.1. The summed E-state index contributed by atoms with van der Waals surface area (Å²) in [6.07, 6.45) is 4.56. The zero-order valence-electron chi connectivity index (χ0n) is 8.18. The van der Waals surface area contributed by atoms with Gasteiger partial charge in [0.15, 0.2) is 0 Å². The number of primary amides is 1. The van der Waals surface area contributed by atoms with Crippen LogP contribution in [0.1, 0.15) is 23.2 Å². The Kier molecular flexibility index (Phi) is 4.28. The lowest BCUT2D eigenvalue weighted by molar-refractivity contribution is -0.137. The van der Waals surface area contributed by atoms with E-state index in [-0.39, 0.29) is 5.97 Å². The van der Waals surface area contributed by atoms with E-state index in [1.165, 1.54) is 6.20 Å². The van der Waals surface area contributed by atoms with E-state index in [4.69, 9.17) is 5.73 Å². The minimum Gasteiger partial charge on any atom is -0.466 e. The molecule has 1 aliphatic heterocycles. The highest BCUT2D eigenvalue weighted by atomic mass is 16.5. The molecular weight excluding hydrogens is 196 g/mol. The van der Waals surface area contributed by atoms with Gasteiger partial charge < -0.3 is 10.5 Å². The van der Waals surface area contributed by atoms with Crippen LogP contribution in [0.5, 0.6) is 0 Å². The molecule has 5 heteroatoms. The number of hydrogen-bond acceptors (Lipinski definition) is 4. The van der Waals surface area contributed by atoms with Crippen molar-refractivity contribution < 1.29 is 14.3 Å². The van der Waals surface area contributed by atoms with Crippen molar-refractivity contribution in [2.45, 2.75) is 12.8 Å². The second-order valence-electron chi connectivity index (χ2n) is 2.93. The van der Waals surface area contributed by atoms with Gasteiger partial charge in [0.25, 0.3) is 0 Å². The molecule has 0 radical (unpaired) electrons. The first-order valence-corrected chi connectivity index (χ1v) is 4.55. The number of ether oxygens (including phenoxy) is 1. The maximum atomic E-state index is 10.4. The van der Waals surface area contributed by atoms with Gasteiger partial charge in [-0.3, -0.25) is 14.6 Å². The summed E-state index contributed by atoms with van der Waals surface area (Å²) in [5.41, 5.74) is 5.38. The Morgan fingerprint density at radius 1 is 1.53 bits per heavy atom. The first kappa shape index (κ1) is 11.2. The van der Waals surface area contributed by atoms with E-state index < -0.39 is 5.91 Å². The number of nitrogens with zero attached hydrogens (tertiary/aromatic N) is 1. The van der Waals surface area contributed by atoms with Crippen LogP contribution in [0.2, 0.25) is 0 Å². The number of amides is 1. The van der Waals surface area contributed by atoms with Gasteiger partial charge in [-0.15, -0.1) is 0 Å². The molecule has 0 saturated carbocycles. The Bertz CT molecular complexity index is 330. The van der Waals surface area contributed by atoms with Crippen molar-refractivity contribution in [1.29, 1.82) is 0 Å². The molecule has 1 aromatic rings. The molecule has 1 saturated heterocycles. The average molecular weight is 208 g/mol. The van der Waals surface area contributed by atoms with Gasteiger partial charge in [-0.05, 0) is 18.6 Å². The number of carbonyl (C=O) groups excluding carboxylic acids is 2. The topological polar surface area (TPSA) is 82.3 Å². The van der Waals surface area contributed by atoms with Crippen molar-refractivity contribution in [3.63, 3.8) is 0 Å².